The number of nitrogens with one attached hydrogen (secondary N) is 1. The van der Waals surface area contributed by atoms with Crippen molar-refractivity contribution in [3.63, 3.8) is 0 Å². The maximum Gasteiger partial charge on any atom is 0.275 e. The first-order chi connectivity index (χ1) is 13.8. The maximum atomic E-state index is 12.6. The molecule has 2 aromatic heterocycles. The monoisotopic (exact) mass is 388 g/mol. The van der Waals surface area contributed by atoms with Gasteiger partial charge < -0.3 is 5.32 Å². The third-order valence-corrected chi connectivity index (χ3v) is 5.41. The zero-order chi connectivity index (χ0) is 18.9. The SMILES string of the molecule is O=C(Nc1cccc(-c2nnnn2C2CC2)c1)c1csc(-c2ccccc2)n1. The van der Waals surface area contributed by atoms with Crippen molar-refractivity contribution < 1.29 is 4.79 Å². The van der Waals surface area contributed by atoms with E-state index in [0.717, 1.165) is 34.8 Å². The molecule has 7 nitrogen and oxygen atoms in total. The highest BCUT2D eigenvalue weighted by Crippen LogP contribution is 2.36. The van der Waals surface area contributed by atoms with Crippen LogP contribution in [-0.4, -0.2) is 31.1 Å². The van der Waals surface area contributed by atoms with E-state index in [2.05, 4.69) is 25.8 Å². The zero-order valence-electron chi connectivity index (χ0n) is 14.8. The molecular formula is C20H16N6OS. The largest absolute Gasteiger partial charge is 0.321 e. The first kappa shape index (κ1) is 16.8. The van der Waals surface area contributed by atoms with Crippen LogP contribution in [0.5, 0.6) is 0 Å². The van der Waals surface area contributed by atoms with Gasteiger partial charge in [0.15, 0.2) is 5.82 Å². The number of aromatic nitrogens is 5. The molecule has 0 radical (unpaired) electrons. The average Bonchev–Trinajstić information content (AvgIpc) is 3.26. The van der Waals surface area contributed by atoms with Crippen LogP contribution in [0.2, 0.25) is 0 Å². The minimum atomic E-state index is -0.239. The molecule has 1 aliphatic rings. The summed E-state index contributed by atoms with van der Waals surface area (Å²) in [7, 11) is 0. The van der Waals surface area contributed by atoms with Gasteiger partial charge in [0.25, 0.3) is 5.91 Å². The van der Waals surface area contributed by atoms with Crippen molar-refractivity contribution in [3.05, 3.63) is 65.7 Å². The van der Waals surface area contributed by atoms with Gasteiger partial charge in [-0.05, 0) is 35.4 Å². The summed E-state index contributed by atoms with van der Waals surface area (Å²) in [5.74, 6) is 0.482. The number of hydrogen-bond acceptors (Lipinski definition) is 6. The Morgan fingerprint density at radius 1 is 1.07 bits per heavy atom. The second-order valence-electron chi connectivity index (χ2n) is 6.62. The number of tetrazole rings is 1. The molecule has 1 N–H and O–H groups in total. The molecule has 0 spiro atoms. The summed E-state index contributed by atoms with van der Waals surface area (Å²) in [6.45, 7) is 0. The van der Waals surface area contributed by atoms with Gasteiger partial charge in [-0.2, -0.15) is 0 Å². The van der Waals surface area contributed by atoms with Gasteiger partial charge in [0, 0.05) is 22.2 Å². The molecule has 0 bridgehead atoms. The van der Waals surface area contributed by atoms with Crippen molar-refractivity contribution in [1.29, 1.82) is 0 Å². The lowest BCUT2D eigenvalue weighted by molar-refractivity contribution is 0.102. The molecule has 1 amide bonds. The Morgan fingerprint density at radius 2 is 1.89 bits per heavy atom. The highest BCUT2D eigenvalue weighted by molar-refractivity contribution is 7.13. The third kappa shape index (κ3) is 3.29. The van der Waals surface area contributed by atoms with Crippen LogP contribution in [0.15, 0.2) is 60.0 Å². The average molecular weight is 388 g/mol. The van der Waals surface area contributed by atoms with E-state index in [1.165, 1.54) is 11.3 Å². The highest BCUT2D eigenvalue weighted by atomic mass is 32.1. The number of benzene rings is 2. The Balaban J connectivity index is 1.36. The summed E-state index contributed by atoms with van der Waals surface area (Å²) in [6, 6.07) is 17.8. The van der Waals surface area contributed by atoms with E-state index in [-0.39, 0.29) is 5.91 Å². The van der Waals surface area contributed by atoms with Gasteiger partial charge in [0.2, 0.25) is 0 Å². The van der Waals surface area contributed by atoms with Gasteiger partial charge in [-0.25, -0.2) is 9.67 Å². The van der Waals surface area contributed by atoms with Crippen molar-refractivity contribution in [1.82, 2.24) is 25.2 Å². The fourth-order valence-electron chi connectivity index (χ4n) is 2.97. The lowest BCUT2D eigenvalue weighted by Gasteiger charge is -2.06. The predicted molar refractivity (Wildman–Crippen MR) is 107 cm³/mol. The van der Waals surface area contributed by atoms with Crippen molar-refractivity contribution in [2.45, 2.75) is 18.9 Å². The van der Waals surface area contributed by atoms with Crippen LogP contribution in [0, 0.1) is 0 Å². The van der Waals surface area contributed by atoms with Gasteiger partial charge >= 0.3 is 0 Å². The summed E-state index contributed by atoms with van der Waals surface area (Å²) in [4.78, 5) is 17.1. The van der Waals surface area contributed by atoms with Crippen LogP contribution in [0.25, 0.3) is 22.0 Å². The smallest absolute Gasteiger partial charge is 0.275 e. The van der Waals surface area contributed by atoms with E-state index >= 15 is 0 Å². The molecule has 2 aromatic carbocycles. The summed E-state index contributed by atoms with van der Waals surface area (Å²) >= 11 is 1.45. The van der Waals surface area contributed by atoms with E-state index in [1.54, 1.807) is 5.38 Å². The molecule has 0 saturated heterocycles. The standard InChI is InChI=1S/C20H16N6OS/c27-19(17-12-28-20(22-17)13-5-2-1-3-6-13)21-15-8-4-7-14(11-15)18-23-24-25-26(18)16-9-10-16/h1-8,11-12,16H,9-10H2,(H,21,27). The molecule has 0 aliphatic heterocycles. The van der Waals surface area contributed by atoms with Crippen molar-refractivity contribution in [3.8, 4) is 22.0 Å². The molecule has 2 heterocycles. The minimum Gasteiger partial charge on any atom is -0.321 e. The van der Waals surface area contributed by atoms with Crippen LogP contribution in [0.3, 0.4) is 0 Å². The number of thiazole rings is 1. The number of nitrogens with zero attached hydrogens (tertiary/aromatic N) is 5. The zero-order valence-corrected chi connectivity index (χ0v) is 15.6. The van der Waals surface area contributed by atoms with Gasteiger partial charge in [0.05, 0.1) is 6.04 Å². The van der Waals surface area contributed by atoms with E-state index in [1.807, 2.05) is 59.3 Å². The number of rotatable bonds is 5. The van der Waals surface area contributed by atoms with Crippen LogP contribution in [0.1, 0.15) is 29.4 Å². The Labute approximate surface area is 165 Å². The molecule has 28 heavy (non-hydrogen) atoms. The van der Waals surface area contributed by atoms with Gasteiger partial charge in [0.1, 0.15) is 10.7 Å². The molecule has 4 aromatic rings. The van der Waals surface area contributed by atoms with Crippen LogP contribution in [-0.2, 0) is 0 Å². The Kier molecular flexibility index (Phi) is 4.17. The maximum absolute atomic E-state index is 12.6. The number of carbonyl (C=O) groups is 1. The molecule has 1 saturated carbocycles. The van der Waals surface area contributed by atoms with Crippen LogP contribution >= 0.6 is 11.3 Å². The predicted octanol–water partition coefficient (Wildman–Crippen LogP) is 4.05. The third-order valence-electron chi connectivity index (χ3n) is 4.52. The molecule has 8 heteroatoms. The lowest BCUT2D eigenvalue weighted by Crippen LogP contribution is -2.12. The molecule has 5 rings (SSSR count). The molecule has 1 aliphatic carbocycles. The number of hydrogen-bond donors (Lipinski definition) is 1. The van der Waals surface area contributed by atoms with Crippen molar-refractivity contribution in [2.75, 3.05) is 5.32 Å². The molecular weight excluding hydrogens is 372 g/mol. The normalized spacial score (nSPS) is 13.4. The molecule has 1 fully saturated rings. The number of carbonyl (C=O) groups excluding carboxylic acids is 1. The number of amides is 1. The topological polar surface area (TPSA) is 85.6 Å². The summed E-state index contributed by atoms with van der Waals surface area (Å²) in [5.41, 5.74) is 2.96. The Hall–Kier alpha value is -3.39. The molecule has 0 atom stereocenters. The highest BCUT2D eigenvalue weighted by Gasteiger charge is 2.28. The number of anilines is 1. The van der Waals surface area contributed by atoms with Crippen LogP contribution < -0.4 is 5.32 Å². The quantitative estimate of drug-likeness (QED) is 0.557. The fraction of sp³-hybridized carbons (Fsp3) is 0.150. The first-order valence-corrected chi connectivity index (χ1v) is 9.86. The van der Waals surface area contributed by atoms with E-state index in [4.69, 9.17) is 0 Å². The van der Waals surface area contributed by atoms with Crippen molar-refractivity contribution >= 4 is 22.9 Å². The first-order valence-electron chi connectivity index (χ1n) is 8.98. The van der Waals surface area contributed by atoms with Gasteiger partial charge in [-0.1, -0.05) is 42.5 Å². The summed E-state index contributed by atoms with van der Waals surface area (Å²) in [5, 5.41) is 17.5. The summed E-state index contributed by atoms with van der Waals surface area (Å²) in [6.07, 6.45) is 2.20. The van der Waals surface area contributed by atoms with Crippen LogP contribution in [0.4, 0.5) is 5.69 Å². The van der Waals surface area contributed by atoms with Crippen molar-refractivity contribution in [2.24, 2.45) is 0 Å². The van der Waals surface area contributed by atoms with E-state index in [0.29, 0.717) is 17.4 Å². The fourth-order valence-corrected chi connectivity index (χ4v) is 3.78. The Bertz CT molecular complexity index is 1130. The second-order valence-corrected chi connectivity index (χ2v) is 7.48. The van der Waals surface area contributed by atoms with E-state index < -0.39 is 0 Å². The summed E-state index contributed by atoms with van der Waals surface area (Å²) < 4.78 is 1.85. The Morgan fingerprint density at radius 3 is 2.71 bits per heavy atom. The molecule has 0 unspecified atom stereocenters. The van der Waals surface area contributed by atoms with E-state index in [9.17, 15) is 4.79 Å². The second kappa shape index (κ2) is 6.97. The molecule has 138 valence electrons. The van der Waals surface area contributed by atoms with Gasteiger partial charge in [-0.3, -0.25) is 4.79 Å². The minimum absolute atomic E-state index is 0.239. The van der Waals surface area contributed by atoms with Gasteiger partial charge in [-0.15, -0.1) is 16.4 Å². The lowest BCUT2D eigenvalue weighted by atomic mass is 10.2.